The van der Waals surface area contributed by atoms with Gasteiger partial charge in [0.2, 0.25) is 0 Å². The Kier molecular flexibility index (Phi) is 6.45. The van der Waals surface area contributed by atoms with Crippen LogP contribution in [0.3, 0.4) is 0 Å². The van der Waals surface area contributed by atoms with Crippen LogP contribution in [-0.4, -0.2) is 25.2 Å². The van der Waals surface area contributed by atoms with Gasteiger partial charge in [0.25, 0.3) is 0 Å². The van der Waals surface area contributed by atoms with Crippen LogP contribution < -0.4 is 10.6 Å². The Balaban J connectivity index is 2.39. The van der Waals surface area contributed by atoms with E-state index in [1.165, 1.54) is 6.07 Å². The van der Waals surface area contributed by atoms with Crippen molar-refractivity contribution in [2.75, 3.05) is 18.5 Å². The smallest absolute Gasteiger partial charge is 0.319 e. The lowest BCUT2D eigenvalue weighted by Gasteiger charge is -2.09. The molecule has 1 aromatic rings. The van der Waals surface area contributed by atoms with E-state index in [1.807, 2.05) is 0 Å². The number of nitrogens with one attached hydrogen (secondary N) is 2. The minimum atomic E-state index is -0.464. The van der Waals surface area contributed by atoms with Crippen molar-refractivity contribution in [3.8, 4) is 0 Å². The summed E-state index contributed by atoms with van der Waals surface area (Å²) >= 11 is 11.7. The van der Waals surface area contributed by atoms with Crippen molar-refractivity contribution in [2.24, 2.45) is 0 Å². The first-order valence-corrected chi connectivity index (χ1v) is 6.44. The molecule has 0 radical (unpaired) electrons. The van der Waals surface area contributed by atoms with E-state index in [9.17, 15) is 9.59 Å². The van der Waals surface area contributed by atoms with Gasteiger partial charge >= 0.3 is 12.0 Å². The predicted octanol–water partition coefficient (Wildman–Crippen LogP) is 3.07. The van der Waals surface area contributed by atoms with Crippen molar-refractivity contribution in [3.63, 3.8) is 0 Å². The first kappa shape index (κ1) is 15.6. The number of urea groups is 1. The van der Waals surface area contributed by atoms with Gasteiger partial charge in [-0.15, -0.1) is 0 Å². The zero-order chi connectivity index (χ0) is 14.3. The van der Waals surface area contributed by atoms with E-state index in [0.717, 1.165) is 0 Å². The molecule has 2 N–H and O–H groups in total. The molecule has 0 heterocycles. The lowest BCUT2D eigenvalue weighted by Crippen LogP contribution is -2.31. The molecule has 0 atom stereocenters. The SMILES string of the molecule is CCOC(=O)CCNC(=O)Nc1cc(Cl)ccc1Cl. The van der Waals surface area contributed by atoms with Crippen molar-refractivity contribution in [2.45, 2.75) is 13.3 Å². The molecular weight excluding hydrogens is 291 g/mol. The average Bonchev–Trinajstić information content (AvgIpc) is 2.34. The molecule has 0 aliphatic carbocycles. The van der Waals surface area contributed by atoms with Crippen molar-refractivity contribution in [1.29, 1.82) is 0 Å². The summed E-state index contributed by atoms with van der Waals surface area (Å²) < 4.78 is 4.73. The van der Waals surface area contributed by atoms with Gasteiger partial charge in [0.15, 0.2) is 0 Å². The maximum Gasteiger partial charge on any atom is 0.319 e. The molecule has 1 aromatic carbocycles. The molecule has 0 saturated heterocycles. The Labute approximate surface area is 121 Å². The second-order valence-electron chi connectivity index (χ2n) is 3.56. The lowest BCUT2D eigenvalue weighted by molar-refractivity contribution is -0.142. The summed E-state index contributed by atoms with van der Waals surface area (Å²) in [5, 5.41) is 5.90. The molecule has 19 heavy (non-hydrogen) atoms. The van der Waals surface area contributed by atoms with Gasteiger partial charge in [-0.25, -0.2) is 4.79 Å². The molecule has 0 aliphatic rings. The van der Waals surface area contributed by atoms with Crippen LogP contribution in [0.15, 0.2) is 18.2 Å². The number of hydrogen-bond donors (Lipinski definition) is 2. The van der Waals surface area contributed by atoms with Crippen LogP contribution >= 0.6 is 23.2 Å². The molecule has 0 fully saturated rings. The van der Waals surface area contributed by atoms with Crippen LogP contribution in [0.2, 0.25) is 10.0 Å². The molecule has 0 aromatic heterocycles. The molecule has 104 valence electrons. The molecule has 1 rings (SSSR count). The molecular formula is C12H14Cl2N2O3. The van der Waals surface area contributed by atoms with Crippen LogP contribution in [0, 0.1) is 0 Å². The number of esters is 1. The summed E-state index contributed by atoms with van der Waals surface area (Å²) in [6, 6.07) is 4.27. The number of rotatable bonds is 5. The highest BCUT2D eigenvalue weighted by atomic mass is 35.5. The highest BCUT2D eigenvalue weighted by Gasteiger charge is 2.07. The largest absolute Gasteiger partial charge is 0.466 e. The fourth-order valence-corrected chi connectivity index (χ4v) is 1.61. The number of hydrogen-bond acceptors (Lipinski definition) is 3. The highest BCUT2D eigenvalue weighted by molar-refractivity contribution is 6.35. The molecule has 0 aliphatic heterocycles. The molecule has 0 spiro atoms. The second kappa shape index (κ2) is 7.86. The fraction of sp³-hybridized carbons (Fsp3) is 0.333. The third-order valence-corrected chi connectivity index (χ3v) is 2.66. The molecule has 0 bridgehead atoms. The number of ether oxygens (including phenoxy) is 1. The number of anilines is 1. The molecule has 2 amide bonds. The number of amides is 2. The van der Waals surface area contributed by atoms with Gasteiger partial charge in [0.05, 0.1) is 23.7 Å². The number of benzene rings is 1. The minimum Gasteiger partial charge on any atom is -0.466 e. The van der Waals surface area contributed by atoms with Crippen molar-refractivity contribution < 1.29 is 14.3 Å². The van der Waals surface area contributed by atoms with Gasteiger partial charge in [-0.05, 0) is 25.1 Å². The zero-order valence-corrected chi connectivity index (χ0v) is 11.8. The van der Waals surface area contributed by atoms with E-state index in [-0.39, 0.29) is 18.9 Å². The topological polar surface area (TPSA) is 67.4 Å². The summed E-state index contributed by atoms with van der Waals surface area (Å²) in [5.41, 5.74) is 0.405. The molecule has 5 nitrogen and oxygen atoms in total. The van der Waals surface area contributed by atoms with Gasteiger partial charge in [-0.2, -0.15) is 0 Å². The van der Waals surface area contributed by atoms with Crippen LogP contribution in [-0.2, 0) is 9.53 Å². The van der Waals surface area contributed by atoms with E-state index in [0.29, 0.717) is 22.3 Å². The predicted molar refractivity (Wildman–Crippen MR) is 74.7 cm³/mol. The van der Waals surface area contributed by atoms with Gasteiger partial charge < -0.3 is 15.4 Å². The quantitative estimate of drug-likeness (QED) is 0.822. The minimum absolute atomic E-state index is 0.116. The van der Waals surface area contributed by atoms with Crippen LogP contribution in [0.5, 0.6) is 0 Å². The highest BCUT2D eigenvalue weighted by Crippen LogP contribution is 2.25. The Morgan fingerprint density at radius 1 is 1.32 bits per heavy atom. The standard InChI is InChI=1S/C12H14Cl2N2O3/c1-2-19-11(17)5-6-15-12(18)16-10-7-8(13)3-4-9(10)14/h3-4,7H,2,5-6H2,1H3,(H2,15,16,18). The van der Waals surface area contributed by atoms with Crippen LogP contribution in [0.4, 0.5) is 10.5 Å². The first-order chi connectivity index (χ1) is 9.02. The monoisotopic (exact) mass is 304 g/mol. The fourth-order valence-electron chi connectivity index (χ4n) is 1.27. The first-order valence-electron chi connectivity index (χ1n) is 5.68. The van der Waals surface area contributed by atoms with Gasteiger partial charge in [0, 0.05) is 11.6 Å². The van der Waals surface area contributed by atoms with Crippen molar-refractivity contribution >= 4 is 40.9 Å². The number of carbonyl (C=O) groups excluding carboxylic acids is 2. The molecule has 0 unspecified atom stereocenters. The maximum absolute atomic E-state index is 11.5. The van der Waals surface area contributed by atoms with Crippen molar-refractivity contribution in [3.05, 3.63) is 28.2 Å². The van der Waals surface area contributed by atoms with Gasteiger partial charge in [-0.3, -0.25) is 4.79 Å². The summed E-state index contributed by atoms with van der Waals surface area (Å²) in [6.45, 7) is 2.23. The molecule has 7 heteroatoms. The van der Waals surface area contributed by atoms with E-state index in [1.54, 1.807) is 19.1 Å². The normalized spacial score (nSPS) is 9.84. The van der Waals surface area contributed by atoms with E-state index < -0.39 is 6.03 Å². The van der Waals surface area contributed by atoms with Crippen LogP contribution in [0.1, 0.15) is 13.3 Å². The summed E-state index contributed by atoms with van der Waals surface area (Å²) in [4.78, 5) is 22.6. The third kappa shape index (κ3) is 5.81. The Morgan fingerprint density at radius 3 is 2.74 bits per heavy atom. The van der Waals surface area contributed by atoms with E-state index in [2.05, 4.69) is 10.6 Å². The lowest BCUT2D eigenvalue weighted by atomic mass is 10.3. The molecule has 0 saturated carbocycles. The third-order valence-electron chi connectivity index (χ3n) is 2.10. The van der Waals surface area contributed by atoms with Crippen molar-refractivity contribution in [1.82, 2.24) is 5.32 Å². The van der Waals surface area contributed by atoms with E-state index >= 15 is 0 Å². The second-order valence-corrected chi connectivity index (χ2v) is 4.40. The summed E-state index contributed by atoms with van der Waals surface area (Å²) in [5.74, 6) is -0.358. The Hall–Kier alpha value is -1.46. The van der Waals surface area contributed by atoms with E-state index in [4.69, 9.17) is 27.9 Å². The zero-order valence-electron chi connectivity index (χ0n) is 10.3. The Bertz CT molecular complexity index is 466. The maximum atomic E-state index is 11.5. The number of halogens is 2. The number of carbonyl (C=O) groups is 2. The summed E-state index contributed by atoms with van der Waals surface area (Å²) in [6.07, 6.45) is 0.116. The van der Waals surface area contributed by atoms with Gasteiger partial charge in [-0.1, -0.05) is 23.2 Å². The van der Waals surface area contributed by atoms with Gasteiger partial charge in [0.1, 0.15) is 0 Å². The Morgan fingerprint density at radius 2 is 2.05 bits per heavy atom. The van der Waals surface area contributed by atoms with Crippen LogP contribution in [0.25, 0.3) is 0 Å². The average molecular weight is 305 g/mol. The summed E-state index contributed by atoms with van der Waals surface area (Å²) in [7, 11) is 0.